The van der Waals surface area contributed by atoms with Gasteiger partial charge in [-0.2, -0.15) is 10.2 Å². The SMILES string of the molecule is CNC(=O)N1CCc2ccc(OC)cc2C(c2ccc(-n3nc(C)cc3COC)cc2)=N1. The van der Waals surface area contributed by atoms with Crippen LogP contribution in [0, 0.1) is 6.92 Å². The largest absolute Gasteiger partial charge is 0.497 e. The number of ether oxygens (including phenoxy) is 2. The highest BCUT2D eigenvalue weighted by Crippen LogP contribution is 2.26. The van der Waals surface area contributed by atoms with Gasteiger partial charge in [0.15, 0.2) is 0 Å². The molecule has 4 rings (SSSR count). The van der Waals surface area contributed by atoms with E-state index in [1.165, 1.54) is 5.01 Å². The third kappa shape index (κ3) is 4.22. The summed E-state index contributed by atoms with van der Waals surface area (Å²) in [5, 5.41) is 13.5. The fraction of sp³-hybridized carbons (Fsp3) is 0.292. The van der Waals surface area contributed by atoms with Gasteiger partial charge in [0, 0.05) is 25.3 Å². The molecule has 2 aromatic carbocycles. The molecule has 0 atom stereocenters. The summed E-state index contributed by atoms with van der Waals surface area (Å²) in [7, 11) is 4.92. The lowest BCUT2D eigenvalue weighted by atomic mass is 9.96. The smallest absolute Gasteiger partial charge is 0.337 e. The van der Waals surface area contributed by atoms with Crippen LogP contribution >= 0.6 is 0 Å². The first kappa shape index (κ1) is 21.6. The Kier molecular flexibility index (Phi) is 6.23. The van der Waals surface area contributed by atoms with Crippen LogP contribution in [0.5, 0.6) is 5.75 Å². The van der Waals surface area contributed by atoms with Crippen molar-refractivity contribution in [1.29, 1.82) is 0 Å². The van der Waals surface area contributed by atoms with Crippen molar-refractivity contribution < 1.29 is 14.3 Å². The van der Waals surface area contributed by atoms with Crippen LogP contribution in [0.15, 0.2) is 53.6 Å². The van der Waals surface area contributed by atoms with E-state index < -0.39 is 0 Å². The number of nitrogens with zero attached hydrogens (tertiary/aromatic N) is 4. The van der Waals surface area contributed by atoms with E-state index in [1.54, 1.807) is 21.3 Å². The lowest BCUT2D eigenvalue weighted by Gasteiger charge is -2.16. The monoisotopic (exact) mass is 433 g/mol. The van der Waals surface area contributed by atoms with E-state index in [0.29, 0.717) is 19.6 Å². The average Bonchev–Trinajstić information content (AvgIpc) is 3.08. The summed E-state index contributed by atoms with van der Waals surface area (Å²) in [6, 6.07) is 15.7. The van der Waals surface area contributed by atoms with E-state index >= 15 is 0 Å². The van der Waals surface area contributed by atoms with E-state index in [-0.39, 0.29) is 6.03 Å². The molecule has 8 heteroatoms. The normalized spacial score (nSPS) is 13.2. The van der Waals surface area contributed by atoms with Gasteiger partial charge in [0.05, 0.1) is 43.0 Å². The Labute approximate surface area is 187 Å². The zero-order valence-electron chi connectivity index (χ0n) is 18.8. The van der Waals surface area contributed by atoms with Gasteiger partial charge in [0.1, 0.15) is 5.75 Å². The second-order valence-electron chi connectivity index (χ2n) is 7.57. The van der Waals surface area contributed by atoms with Crippen LogP contribution in [-0.2, 0) is 17.8 Å². The summed E-state index contributed by atoms with van der Waals surface area (Å²) in [6.07, 6.45) is 0.699. The molecule has 1 aliphatic heterocycles. The van der Waals surface area contributed by atoms with E-state index in [4.69, 9.17) is 14.6 Å². The number of aryl methyl sites for hydroxylation is 1. The molecule has 0 radical (unpaired) electrons. The Bertz CT molecular complexity index is 1150. The van der Waals surface area contributed by atoms with Gasteiger partial charge in [-0.05, 0) is 49.2 Å². The summed E-state index contributed by atoms with van der Waals surface area (Å²) in [4.78, 5) is 12.4. The van der Waals surface area contributed by atoms with E-state index in [1.807, 2.05) is 60.1 Å². The zero-order chi connectivity index (χ0) is 22.7. The third-order valence-electron chi connectivity index (χ3n) is 5.42. The van der Waals surface area contributed by atoms with Crippen molar-refractivity contribution in [3.63, 3.8) is 0 Å². The molecule has 1 aromatic heterocycles. The molecule has 2 amide bonds. The van der Waals surface area contributed by atoms with Crippen LogP contribution in [0.4, 0.5) is 4.79 Å². The minimum absolute atomic E-state index is 0.241. The van der Waals surface area contributed by atoms with Gasteiger partial charge in [-0.25, -0.2) is 14.5 Å². The molecular formula is C24H27N5O3. The molecule has 0 spiro atoms. The van der Waals surface area contributed by atoms with E-state index in [2.05, 4.69) is 10.4 Å². The fourth-order valence-corrected chi connectivity index (χ4v) is 3.85. The number of carbonyl (C=O) groups is 1. The van der Waals surface area contributed by atoms with Crippen LogP contribution in [0.1, 0.15) is 28.1 Å². The molecule has 0 aliphatic carbocycles. The highest BCUT2D eigenvalue weighted by atomic mass is 16.5. The van der Waals surface area contributed by atoms with Gasteiger partial charge in [-0.1, -0.05) is 18.2 Å². The topological polar surface area (TPSA) is 81.0 Å². The van der Waals surface area contributed by atoms with Crippen LogP contribution in [-0.4, -0.2) is 54.3 Å². The first-order chi connectivity index (χ1) is 15.5. The van der Waals surface area contributed by atoms with Gasteiger partial charge < -0.3 is 14.8 Å². The molecule has 8 nitrogen and oxygen atoms in total. The molecule has 0 fully saturated rings. The van der Waals surface area contributed by atoms with Crippen molar-refractivity contribution in [3.05, 3.63) is 76.6 Å². The third-order valence-corrected chi connectivity index (χ3v) is 5.42. The number of aromatic nitrogens is 2. The first-order valence-corrected chi connectivity index (χ1v) is 10.4. The lowest BCUT2D eigenvalue weighted by Crippen LogP contribution is -2.35. The first-order valence-electron chi connectivity index (χ1n) is 10.4. The van der Waals surface area contributed by atoms with Crippen molar-refractivity contribution >= 4 is 11.7 Å². The summed E-state index contributed by atoms with van der Waals surface area (Å²) in [6.45, 7) is 2.93. The van der Waals surface area contributed by atoms with Crippen molar-refractivity contribution in [1.82, 2.24) is 20.1 Å². The number of benzene rings is 2. The molecule has 1 N–H and O–H groups in total. The number of rotatable bonds is 5. The van der Waals surface area contributed by atoms with E-state index in [0.717, 1.165) is 45.2 Å². The van der Waals surface area contributed by atoms with Crippen molar-refractivity contribution in [2.24, 2.45) is 5.10 Å². The zero-order valence-corrected chi connectivity index (χ0v) is 18.8. The molecule has 3 aromatic rings. The number of urea groups is 1. The van der Waals surface area contributed by atoms with Gasteiger partial charge in [-0.3, -0.25) is 0 Å². The van der Waals surface area contributed by atoms with Gasteiger partial charge >= 0.3 is 6.03 Å². The number of nitrogens with one attached hydrogen (secondary N) is 1. The minimum Gasteiger partial charge on any atom is -0.497 e. The number of amides is 2. The van der Waals surface area contributed by atoms with Crippen molar-refractivity contribution in [3.8, 4) is 11.4 Å². The molecule has 0 bridgehead atoms. The summed E-state index contributed by atoms with van der Waals surface area (Å²) in [5.74, 6) is 0.748. The van der Waals surface area contributed by atoms with E-state index in [9.17, 15) is 4.79 Å². The fourth-order valence-electron chi connectivity index (χ4n) is 3.85. The number of hydrogen-bond donors (Lipinski definition) is 1. The maximum Gasteiger partial charge on any atom is 0.337 e. The molecule has 0 unspecified atom stereocenters. The number of fused-ring (bicyclic) bond motifs is 1. The predicted octanol–water partition coefficient (Wildman–Crippen LogP) is 3.29. The van der Waals surface area contributed by atoms with Crippen LogP contribution < -0.4 is 10.1 Å². The maximum absolute atomic E-state index is 12.4. The molecule has 32 heavy (non-hydrogen) atoms. The highest BCUT2D eigenvalue weighted by Gasteiger charge is 2.22. The minimum atomic E-state index is -0.241. The number of carbonyl (C=O) groups excluding carboxylic acids is 1. The quantitative estimate of drug-likeness (QED) is 0.670. The Morgan fingerprint density at radius 1 is 1.12 bits per heavy atom. The number of hydrogen-bond acceptors (Lipinski definition) is 5. The molecule has 2 heterocycles. The Hall–Kier alpha value is -3.65. The Balaban J connectivity index is 1.78. The van der Waals surface area contributed by atoms with Crippen LogP contribution in [0.25, 0.3) is 5.69 Å². The highest BCUT2D eigenvalue weighted by molar-refractivity contribution is 6.14. The average molecular weight is 434 g/mol. The summed E-state index contributed by atoms with van der Waals surface area (Å²) < 4.78 is 12.6. The van der Waals surface area contributed by atoms with Crippen LogP contribution in [0.2, 0.25) is 0 Å². The number of methoxy groups -OCH3 is 2. The second kappa shape index (κ2) is 9.23. The maximum atomic E-state index is 12.4. The molecule has 0 saturated carbocycles. The summed E-state index contributed by atoms with van der Waals surface area (Å²) in [5.41, 5.74) is 6.53. The molecule has 1 aliphatic rings. The Morgan fingerprint density at radius 3 is 2.59 bits per heavy atom. The molecular weight excluding hydrogens is 406 g/mol. The predicted molar refractivity (Wildman–Crippen MR) is 123 cm³/mol. The molecule has 166 valence electrons. The molecule has 0 saturated heterocycles. The Morgan fingerprint density at radius 2 is 1.91 bits per heavy atom. The van der Waals surface area contributed by atoms with Gasteiger partial charge in [-0.15, -0.1) is 0 Å². The lowest BCUT2D eigenvalue weighted by molar-refractivity contribution is 0.179. The summed E-state index contributed by atoms with van der Waals surface area (Å²) >= 11 is 0. The van der Waals surface area contributed by atoms with Crippen molar-refractivity contribution in [2.75, 3.05) is 27.8 Å². The van der Waals surface area contributed by atoms with Crippen molar-refractivity contribution in [2.45, 2.75) is 20.0 Å². The van der Waals surface area contributed by atoms with Crippen LogP contribution in [0.3, 0.4) is 0 Å². The standard InChI is InChI=1S/C24H27N5O3/c1-16-13-20(15-31-3)29(26-16)19-8-5-18(6-9-19)23-22-14-21(32-4)10-7-17(22)11-12-28(27-23)24(30)25-2/h5-10,13-14H,11-12,15H2,1-4H3,(H,25,30). The number of hydrazone groups is 1. The second-order valence-corrected chi connectivity index (χ2v) is 7.57. The van der Waals surface area contributed by atoms with Gasteiger partial charge in [0.2, 0.25) is 0 Å². The van der Waals surface area contributed by atoms with Gasteiger partial charge in [0.25, 0.3) is 0 Å².